The number of anilines is 2. The van der Waals surface area contributed by atoms with Crippen LogP contribution in [0, 0.1) is 0 Å². The molecule has 6 N–H and O–H groups in total. The van der Waals surface area contributed by atoms with E-state index in [1.807, 2.05) is 29.1 Å². The summed E-state index contributed by atoms with van der Waals surface area (Å²) >= 11 is 0. The Labute approximate surface area is 198 Å². The van der Waals surface area contributed by atoms with Gasteiger partial charge >= 0.3 is 0 Å². The zero-order valence-electron chi connectivity index (χ0n) is 19.5. The SMILES string of the molecule is CCCC(N)Nc1nc(N)nc2cn(Cc3ccc(CNCc4ccncc4)cc3OC)nc12. The molecule has 0 aliphatic heterocycles. The molecule has 0 aliphatic rings. The van der Waals surface area contributed by atoms with Crippen molar-refractivity contribution in [1.29, 1.82) is 0 Å². The van der Waals surface area contributed by atoms with Crippen molar-refractivity contribution in [3.63, 3.8) is 0 Å². The fraction of sp³-hybridized carbons (Fsp3) is 0.333. The smallest absolute Gasteiger partial charge is 0.222 e. The first-order valence-corrected chi connectivity index (χ1v) is 11.3. The summed E-state index contributed by atoms with van der Waals surface area (Å²) in [6, 6.07) is 10.2. The second-order valence-corrected chi connectivity index (χ2v) is 8.14. The quantitative estimate of drug-likeness (QED) is 0.248. The number of hydrogen-bond acceptors (Lipinski definition) is 9. The molecule has 10 nitrogen and oxygen atoms in total. The molecule has 1 unspecified atom stereocenters. The third kappa shape index (κ3) is 5.77. The Bertz CT molecular complexity index is 1230. The van der Waals surface area contributed by atoms with Crippen molar-refractivity contribution < 1.29 is 4.74 Å². The van der Waals surface area contributed by atoms with Crippen molar-refractivity contribution in [1.82, 2.24) is 30.0 Å². The van der Waals surface area contributed by atoms with Gasteiger partial charge in [-0.15, -0.1) is 0 Å². The van der Waals surface area contributed by atoms with Crippen LogP contribution in [0.4, 0.5) is 11.8 Å². The summed E-state index contributed by atoms with van der Waals surface area (Å²) in [5, 5.41) is 11.3. The van der Waals surface area contributed by atoms with E-state index in [9.17, 15) is 0 Å². The highest BCUT2D eigenvalue weighted by Gasteiger charge is 2.14. The molecule has 34 heavy (non-hydrogen) atoms. The Morgan fingerprint density at radius 2 is 1.88 bits per heavy atom. The van der Waals surface area contributed by atoms with Gasteiger partial charge < -0.3 is 26.8 Å². The van der Waals surface area contributed by atoms with E-state index in [-0.39, 0.29) is 12.1 Å². The topological polar surface area (TPSA) is 142 Å². The van der Waals surface area contributed by atoms with Gasteiger partial charge in [-0.1, -0.05) is 25.5 Å². The molecule has 0 saturated carbocycles. The second kappa shape index (κ2) is 10.9. The number of hydrogen-bond donors (Lipinski definition) is 4. The van der Waals surface area contributed by atoms with Crippen LogP contribution in [0.15, 0.2) is 48.9 Å². The van der Waals surface area contributed by atoms with E-state index in [1.54, 1.807) is 19.5 Å². The summed E-state index contributed by atoms with van der Waals surface area (Å²) in [5.41, 5.74) is 16.7. The van der Waals surface area contributed by atoms with Crippen molar-refractivity contribution in [2.45, 2.75) is 45.6 Å². The molecule has 1 aromatic carbocycles. The third-order valence-corrected chi connectivity index (χ3v) is 5.44. The summed E-state index contributed by atoms with van der Waals surface area (Å²) in [5.74, 6) is 1.53. The predicted octanol–water partition coefficient (Wildman–Crippen LogP) is 2.65. The molecule has 1 atom stereocenters. The van der Waals surface area contributed by atoms with Crippen molar-refractivity contribution in [3.05, 3.63) is 65.6 Å². The molecule has 0 aliphatic carbocycles. The Hall–Kier alpha value is -3.76. The number of benzene rings is 1. The number of ether oxygens (including phenoxy) is 1. The predicted molar refractivity (Wildman–Crippen MR) is 133 cm³/mol. The van der Waals surface area contributed by atoms with E-state index in [1.165, 1.54) is 5.56 Å². The molecule has 0 amide bonds. The number of nitrogen functional groups attached to an aromatic ring is 1. The lowest BCUT2D eigenvalue weighted by Gasteiger charge is -2.13. The van der Waals surface area contributed by atoms with Crippen LogP contribution >= 0.6 is 0 Å². The molecular formula is C24H31N9O. The van der Waals surface area contributed by atoms with E-state index in [0.29, 0.717) is 23.4 Å². The van der Waals surface area contributed by atoms with Crippen LogP contribution in [-0.2, 0) is 19.6 Å². The van der Waals surface area contributed by atoms with Gasteiger partial charge in [-0.25, -0.2) is 4.98 Å². The first-order chi connectivity index (χ1) is 16.6. The van der Waals surface area contributed by atoms with Crippen molar-refractivity contribution in [2.24, 2.45) is 5.73 Å². The number of aromatic nitrogens is 5. The molecule has 0 fully saturated rings. The monoisotopic (exact) mass is 461 g/mol. The first kappa shape index (κ1) is 23.4. The molecule has 10 heteroatoms. The Morgan fingerprint density at radius 3 is 2.65 bits per heavy atom. The zero-order valence-corrected chi connectivity index (χ0v) is 19.5. The molecule has 178 valence electrons. The van der Waals surface area contributed by atoms with Gasteiger partial charge in [0.05, 0.1) is 26.0 Å². The lowest BCUT2D eigenvalue weighted by molar-refractivity contribution is 0.406. The maximum absolute atomic E-state index is 6.14. The van der Waals surface area contributed by atoms with Gasteiger partial charge in [0.1, 0.15) is 11.3 Å². The van der Waals surface area contributed by atoms with Crippen LogP contribution in [0.2, 0.25) is 0 Å². The number of fused-ring (bicyclic) bond motifs is 1. The number of nitrogens with one attached hydrogen (secondary N) is 2. The van der Waals surface area contributed by atoms with Crippen molar-refractivity contribution in [3.8, 4) is 5.75 Å². The normalized spacial score (nSPS) is 12.1. The number of pyridine rings is 1. The van der Waals surface area contributed by atoms with Crippen molar-refractivity contribution in [2.75, 3.05) is 18.2 Å². The largest absolute Gasteiger partial charge is 0.496 e. The molecule has 4 rings (SSSR count). The Balaban J connectivity index is 1.48. The summed E-state index contributed by atoms with van der Waals surface area (Å²) < 4.78 is 7.48. The van der Waals surface area contributed by atoms with Gasteiger partial charge in [0, 0.05) is 31.0 Å². The molecule has 0 saturated heterocycles. The van der Waals surface area contributed by atoms with E-state index in [4.69, 9.17) is 16.2 Å². The fourth-order valence-electron chi connectivity index (χ4n) is 3.77. The number of nitrogens with two attached hydrogens (primary N) is 2. The zero-order chi connectivity index (χ0) is 23.9. The van der Waals surface area contributed by atoms with Crippen LogP contribution < -0.4 is 26.8 Å². The van der Waals surface area contributed by atoms with Crippen LogP contribution in [0.3, 0.4) is 0 Å². The lowest BCUT2D eigenvalue weighted by Crippen LogP contribution is -2.29. The van der Waals surface area contributed by atoms with Gasteiger partial charge in [0.15, 0.2) is 11.3 Å². The number of methoxy groups -OCH3 is 1. The molecule has 0 radical (unpaired) electrons. The van der Waals surface area contributed by atoms with Crippen LogP contribution in [-0.4, -0.2) is 38.0 Å². The van der Waals surface area contributed by atoms with E-state index in [0.717, 1.165) is 42.8 Å². The van der Waals surface area contributed by atoms with Gasteiger partial charge in [-0.2, -0.15) is 10.1 Å². The second-order valence-electron chi connectivity index (χ2n) is 8.14. The summed E-state index contributed by atoms with van der Waals surface area (Å²) in [7, 11) is 1.68. The summed E-state index contributed by atoms with van der Waals surface area (Å²) in [6.45, 7) is 4.10. The first-order valence-electron chi connectivity index (χ1n) is 11.3. The third-order valence-electron chi connectivity index (χ3n) is 5.44. The molecule has 4 aromatic rings. The minimum absolute atomic E-state index is 0.180. The molecule has 3 heterocycles. The van der Waals surface area contributed by atoms with Gasteiger partial charge in [0.2, 0.25) is 5.95 Å². The lowest BCUT2D eigenvalue weighted by atomic mass is 10.1. The number of nitrogens with zero attached hydrogens (tertiary/aromatic N) is 5. The standard InChI is InChI=1S/C24H31N9O/c1-3-4-21(25)30-23-22-19(29-24(26)31-23)15-33(32-22)14-18-6-5-17(11-20(18)34-2)13-28-12-16-7-9-27-10-8-16/h5-11,15,21,28H,3-4,12-14,25H2,1-2H3,(H3,26,29,30,31). The van der Waals surface area contributed by atoms with Crippen LogP contribution in [0.25, 0.3) is 11.0 Å². The van der Waals surface area contributed by atoms with E-state index >= 15 is 0 Å². The Kier molecular flexibility index (Phi) is 7.51. The fourth-order valence-corrected chi connectivity index (χ4v) is 3.77. The minimum atomic E-state index is -0.229. The average molecular weight is 462 g/mol. The molecular weight excluding hydrogens is 430 g/mol. The van der Waals surface area contributed by atoms with Gasteiger partial charge in [-0.05, 0) is 35.7 Å². The van der Waals surface area contributed by atoms with Gasteiger partial charge in [0.25, 0.3) is 0 Å². The van der Waals surface area contributed by atoms with E-state index < -0.39 is 0 Å². The molecule has 0 spiro atoms. The van der Waals surface area contributed by atoms with Crippen molar-refractivity contribution >= 4 is 22.8 Å². The maximum Gasteiger partial charge on any atom is 0.222 e. The maximum atomic E-state index is 6.14. The highest BCUT2D eigenvalue weighted by atomic mass is 16.5. The number of rotatable bonds is 11. The minimum Gasteiger partial charge on any atom is -0.496 e. The summed E-state index contributed by atoms with van der Waals surface area (Å²) in [6.07, 6.45) is 6.99. The molecule has 0 bridgehead atoms. The Morgan fingerprint density at radius 1 is 1.09 bits per heavy atom. The van der Waals surface area contributed by atoms with Crippen LogP contribution in [0.1, 0.15) is 36.5 Å². The highest BCUT2D eigenvalue weighted by Crippen LogP contribution is 2.24. The summed E-state index contributed by atoms with van der Waals surface area (Å²) in [4.78, 5) is 12.7. The van der Waals surface area contributed by atoms with Crippen LogP contribution in [0.5, 0.6) is 5.75 Å². The molecule has 3 aromatic heterocycles. The van der Waals surface area contributed by atoms with Gasteiger partial charge in [-0.3, -0.25) is 9.67 Å². The van der Waals surface area contributed by atoms with E-state index in [2.05, 4.69) is 49.7 Å². The highest BCUT2D eigenvalue weighted by molar-refractivity contribution is 5.85. The average Bonchev–Trinajstić information content (AvgIpc) is 3.23.